The van der Waals surface area contributed by atoms with Gasteiger partial charge in [0, 0.05) is 32.4 Å². The minimum atomic E-state index is 0.546. The summed E-state index contributed by atoms with van der Waals surface area (Å²) in [6.45, 7) is 6.08. The molecule has 3 rings (SSSR count). The lowest BCUT2D eigenvalue weighted by Gasteiger charge is -2.44. The fourth-order valence-electron chi connectivity index (χ4n) is 2.50. The largest absolute Gasteiger partial charge is 0.378 e. The van der Waals surface area contributed by atoms with E-state index in [4.69, 9.17) is 4.74 Å². The Labute approximate surface area is 95.8 Å². The minimum Gasteiger partial charge on any atom is -0.378 e. The van der Waals surface area contributed by atoms with Crippen LogP contribution in [0.5, 0.6) is 0 Å². The van der Waals surface area contributed by atoms with Crippen LogP contribution in [0.25, 0.3) is 0 Å². The number of pyridine rings is 1. The van der Waals surface area contributed by atoms with Gasteiger partial charge >= 0.3 is 0 Å². The van der Waals surface area contributed by atoms with Crippen molar-refractivity contribution in [3.05, 3.63) is 24.4 Å². The van der Waals surface area contributed by atoms with Crippen molar-refractivity contribution in [1.29, 1.82) is 0 Å². The van der Waals surface area contributed by atoms with E-state index in [1.165, 1.54) is 0 Å². The van der Waals surface area contributed by atoms with E-state index in [1.807, 2.05) is 18.3 Å². The van der Waals surface area contributed by atoms with Crippen LogP contribution >= 0.6 is 0 Å². The minimum absolute atomic E-state index is 0.546. The topological polar surface area (TPSA) is 28.6 Å². The Morgan fingerprint density at radius 1 is 1.25 bits per heavy atom. The Morgan fingerprint density at radius 2 is 2.25 bits per heavy atom. The summed E-state index contributed by atoms with van der Waals surface area (Å²) in [5.41, 5.74) is 0. The fourth-order valence-corrected chi connectivity index (χ4v) is 2.50. The molecule has 86 valence electrons. The number of rotatable bonds is 1. The lowest BCUT2D eigenvalue weighted by atomic mass is 10.1. The van der Waals surface area contributed by atoms with Crippen molar-refractivity contribution in [2.45, 2.75) is 6.04 Å². The molecule has 0 unspecified atom stereocenters. The summed E-state index contributed by atoms with van der Waals surface area (Å²) in [5, 5.41) is 0. The van der Waals surface area contributed by atoms with Crippen molar-refractivity contribution in [3.8, 4) is 0 Å². The van der Waals surface area contributed by atoms with Crippen molar-refractivity contribution >= 4 is 5.82 Å². The Hall–Kier alpha value is -1.13. The second-order valence-corrected chi connectivity index (χ2v) is 4.40. The second-order valence-electron chi connectivity index (χ2n) is 4.40. The molecule has 1 atom stereocenters. The van der Waals surface area contributed by atoms with Crippen LogP contribution in [0.1, 0.15) is 0 Å². The molecular weight excluding hydrogens is 202 g/mol. The van der Waals surface area contributed by atoms with Gasteiger partial charge in [-0.1, -0.05) is 6.07 Å². The Morgan fingerprint density at radius 3 is 3.12 bits per heavy atom. The molecule has 2 fully saturated rings. The summed E-state index contributed by atoms with van der Waals surface area (Å²) in [4.78, 5) is 9.29. The highest BCUT2D eigenvalue weighted by atomic mass is 16.5. The van der Waals surface area contributed by atoms with Crippen molar-refractivity contribution in [2.75, 3.05) is 44.3 Å². The molecule has 0 aromatic carbocycles. The number of ether oxygens (including phenoxy) is 1. The average molecular weight is 219 g/mol. The maximum Gasteiger partial charge on any atom is 0.128 e. The molecule has 0 radical (unpaired) electrons. The van der Waals surface area contributed by atoms with E-state index in [1.54, 1.807) is 0 Å². The molecule has 0 amide bonds. The molecular formula is C12H17N3O. The quantitative estimate of drug-likeness (QED) is 0.691. The van der Waals surface area contributed by atoms with E-state index >= 15 is 0 Å². The summed E-state index contributed by atoms with van der Waals surface area (Å²) in [6.07, 6.45) is 1.86. The molecule has 16 heavy (non-hydrogen) atoms. The van der Waals surface area contributed by atoms with Crippen LogP contribution in [0.4, 0.5) is 5.82 Å². The maximum atomic E-state index is 5.53. The lowest BCUT2D eigenvalue weighted by Crippen LogP contribution is -2.58. The smallest absolute Gasteiger partial charge is 0.128 e. The third-order valence-electron chi connectivity index (χ3n) is 3.41. The molecule has 2 aliphatic heterocycles. The van der Waals surface area contributed by atoms with Gasteiger partial charge in [0.25, 0.3) is 0 Å². The number of morpholine rings is 1. The standard InChI is InChI=1S/C12H17N3O/c1-2-4-13-12(3-1)15-6-5-14-7-8-16-10-11(14)9-15/h1-4,11H,5-10H2/t11-/m1/s1. The van der Waals surface area contributed by atoms with E-state index in [2.05, 4.69) is 20.9 Å². The first-order chi connectivity index (χ1) is 7.93. The number of fused-ring (bicyclic) bond motifs is 1. The van der Waals surface area contributed by atoms with Crippen LogP contribution < -0.4 is 4.90 Å². The highest BCUT2D eigenvalue weighted by molar-refractivity contribution is 5.38. The zero-order chi connectivity index (χ0) is 10.8. The molecule has 4 nitrogen and oxygen atoms in total. The summed E-state index contributed by atoms with van der Waals surface area (Å²) >= 11 is 0. The zero-order valence-corrected chi connectivity index (χ0v) is 9.38. The number of hydrogen-bond acceptors (Lipinski definition) is 4. The zero-order valence-electron chi connectivity index (χ0n) is 9.38. The number of piperazine rings is 1. The van der Waals surface area contributed by atoms with Crippen LogP contribution in [-0.4, -0.2) is 55.3 Å². The summed E-state index contributed by atoms with van der Waals surface area (Å²) in [6, 6.07) is 6.64. The summed E-state index contributed by atoms with van der Waals surface area (Å²) in [5.74, 6) is 1.09. The second kappa shape index (κ2) is 4.39. The van der Waals surface area contributed by atoms with Crippen molar-refractivity contribution in [2.24, 2.45) is 0 Å². The molecule has 2 aliphatic rings. The van der Waals surface area contributed by atoms with Crippen molar-refractivity contribution in [1.82, 2.24) is 9.88 Å². The van der Waals surface area contributed by atoms with E-state index in [-0.39, 0.29) is 0 Å². The Balaban J connectivity index is 1.71. The van der Waals surface area contributed by atoms with Crippen LogP contribution in [0.3, 0.4) is 0 Å². The molecule has 0 saturated carbocycles. The van der Waals surface area contributed by atoms with E-state index < -0.39 is 0 Å². The average Bonchev–Trinajstić information content (AvgIpc) is 2.39. The first-order valence-electron chi connectivity index (χ1n) is 5.91. The SMILES string of the molecule is c1ccc(N2CCN3CCOC[C@H]3C2)nc1. The van der Waals surface area contributed by atoms with Gasteiger partial charge in [-0.25, -0.2) is 4.98 Å². The fraction of sp³-hybridized carbons (Fsp3) is 0.583. The van der Waals surface area contributed by atoms with E-state index in [0.29, 0.717) is 6.04 Å². The molecule has 4 heteroatoms. The molecule has 0 bridgehead atoms. The Kier molecular flexibility index (Phi) is 2.76. The summed E-state index contributed by atoms with van der Waals surface area (Å²) in [7, 11) is 0. The third-order valence-corrected chi connectivity index (χ3v) is 3.41. The van der Waals surface area contributed by atoms with Gasteiger partial charge in [-0.2, -0.15) is 0 Å². The van der Waals surface area contributed by atoms with Gasteiger partial charge < -0.3 is 9.64 Å². The highest BCUT2D eigenvalue weighted by Gasteiger charge is 2.29. The van der Waals surface area contributed by atoms with Crippen LogP contribution in [0.2, 0.25) is 0 Å². The summed E-state index contributed by atoms with van der Waals surface area (Å²) < 4.78 is 5.53. The van der Waals surface area contributed by atoms with Crippen LogP contribution in [0.15, 0.2) is 24.4 Å². The Bertz CT molecular complexity index is 343. The van der Waals surface area contributed by atoms with Gasteiger partial charge in [-0.05, 0) is 12.1 Å². The molecule has 0 aliphatic carbocycles. The normalized spacial score (nSPS) is 26.5. The molecule has 2 saturated heterocycles. The van der Waals surface area contributed by atoms with E-state index in [0.717, 1.165) is 45.2 Å². The number of aromatic nitrogens is 1. The predicted molar refractivity (Wildman–Crippen MR) is 62.6 cm³/mol. The van der Waals surface area contributed by atoms with Gasteiger partial charge in [-0.15, -0.1) is 0 Å². The molecule has 1 aromatic heterocycles. The van der Waals surface area contributed by atoms with Gasteiger partial charge in [0.2, 0.25) is 0 Å². The van der Waals surface area contributed by atoms with Gasteiger partial charge in [0.15, 0.2) is 0 Å². The first-order valence-corrected chi connectivity index (χ1v) is 5.91. The van der Waals surface area contributed by atoms with Gasteiger partial charge in [0.1, 0.15) is 5.82 Å². The van der Waals surface area contributed by atoms with Gasteiger partial charge in [0.05, 0.1) is 19.3 Å². The predicted octanol–water partition coefficient (Wildman–Crippen LogP) is 0.602. The number of anilines is 1. The molecule has 1 aromatic rings. The number of hydrogen-bond donors (Lipinski definition) is 0. The van der Waals surface area contributed by atoms with Gasteiger partial charge in [-0.3, -0.25) is 4.90 Å². The van der Waals surface area contributed by atoms with Crippen LogP contribution in [0, 0.1) is 0 Å². The van der Waals surface area contributed by atoms with Crippen molar-refractivity contribution < 1.29 is 4.74 Å². The number of nitrogens with zero attached hydrogens (tertiary/aromatic N) is 3. The highest BCUT2D eigenvalue weighted by Crippen LogP contribution is 2.18. The van der Waals surface area contributed by atoms with Crippen LogP contribution in [-0.2, 0) is 4.74 Å². The third kappa shape index (κ3) is 1.90. The maximum absolute atomic E-state index is 5.53. The van der Waals surface area contributed by atoms with E-state index in [9.17, 15) is 0 Å². The monoisotopic (exact) mass is 219 g/mol. The van der Waals surface area contributed by atoms with Crippen molar-refractivity contribution in [3.63, 3.8) is 0 Å². The molecule has 0 spiro atoms. The first kappa shape index (κ1) is 10.1. The lowest BCUT2D eigenvalue weighted by molar-refractivity contribution is -0.0117. The molecule has 3 heterocycles. The molecule has 0 N–H and O–H groups in total.